The Kier molecular flexibility index (Phi) is 2.50. The van der Waals surface area contributed by atoms with Gasteiger partial charge < -0.3 is 9.84 Å². The molecule has 1 N–H and O–H groups in total. The van der Waals surface area contributed by atoms with Gasteiger partial charge in [0.15, 0.2) is 5.78 Å². The third-order valence-electron chi connectivity index (χ3n) is 1.84. The Balaban J connectivity index is 2.77. The molecule has 1 heterocycles. The number of carboxylic acids is 1. The SMILES string of the molecule is COC(=O)N1CC(=O)CC1C(=O)O. The highest BCUT2D eigenvalue weighted by Crippen LogP contribution is 2.15. The molecule has 1 amide bonds. The van der Waals surface area contributed by atoms with E-state index in [2.05, 4.69) is 4.74 Å². The average molecular weight is 187 g/mol. The number of rotatable bonds is 1. The molecule has 0 aromatic heterocycles. The molecule has 0 saturated carbocycles. The largest absolute Gasteiger partial charge is 0.480 e. The minimum atomic E-state index is -1.18. The number of carboxylic acid groups (broad SMARTS) is 1. The number of carbonyl (C=O) groups is 3. The lowest BCUT2D eigenvalue weighted by atomic mass is 10.2. The molecule has 1 atom stereocenters. The summed E-state index contributed by atoms with van der Waals surface area (Å²) in [6, 6.07) is -1.07. The van der Waals surface area contributed by atoms with Crippen molar-refractivity contribution < 1.29 is 24.2 Å². The number of amides is 1. The second-order valence-electron chi connectivity index (χ2n) is 2.69. The van der Waals surface area contributed by atoms with Gasteiger partial charge in [0.05, 0.1) is 13.7 Å². The molecule has 0 spiro atoms. The maximum Gasteiger partial charge on any atom is 0.410 e. The Hall–Kier alpha value is -1.59. The summed E-state index contributed by atoms with van der Waals surface area (Å²) in [5.41, 5.74) is 0. The molecule has 0 bridgehead atoms. The fourth-order valence-corrected chi connectivity index (χ4v) is 1.22. The number of ether oxygens (including phenoxy) is 1. The number of hydrogen-bond donors (Lipinski definition) is 1. The Morgan fingerprint density at radius 3 is 2.69 bits per heavy atom. The first kappa shape index (κ1) is 9.50. The standard InChI is InChI=1S/C7H9NO5/c1-13-7(12)8-3-4(9)2-5(8)6(10)11/h5H,2-3H2,1H3,(H,10,11). The lowest BCUT2D eigenvalue weighted by Crippen LogP contribution is -2.40. The summed E-state index contributed by atoms with van der Waals surface area (Å²) in [5.74, 6) is -1.45. The first-order chi connectivity index (χ1) is 6.06. The summed E-state index contributed by atoms with van der Waals surface area (Å²) in [4.78, 5) is 33.3. The van der Waals surface area contributed by atoms with E-state index in [9.17, 15) is 14.4 Å². The van der Waals surface area contributed by atoms with Crippen molar-refractivity contribution in [3.05, 3.63) is 0 Å². The van der Waals surface area contributed by atoms with Crippen LogP contribution in [0, 0.1) is 0 Å². The summed E-state index contributed by atoms with van der Waals surface area (Å²) >= 11 is 0. The van der Waals surface area contributed by atoms with E-state index >= 15 is 0 Å². The molecule has 0 aliphatic carbocycles. The second-order valence-corrected chi connectivity index (χ2v) is 2.69. The van der Waals surface area contributed by atoms with Crippen LogP contribution in [0.25, 0.3) is 0 Å². The zero-order valence-corrected chi connectivity index (χ0v) is 7.02. The molecule has 72 valence electrons. The first-order valence-electron chi connectivity index (χ1n) is 3.65. The number of carbonyl (C=O) groups excluding carboxylic acids is 2. The minimum absolute atomic E-state index is 0.134. The molecule has 0 aromatic rings. The molecule has 0 aromatic carbocycles. The van der Waals surface area contributed by atoms with Gasteiger partial charge in [-0.25, -0.2) is 9.59 Å². The maximum absolute atomic E-state index is 11.0. The van der Waals surface area contributed by atoms with Gasteiger partial charge in [0.1, 0.15) is 6.04 Å². The van der Waals surface area contributed by atoms with Gasteiger partial charge in [0.2, 0.25) is 0 Å². The fraction of sp³-hybridized carbons (Fsp3) is 0.571. The average Bonchev–Trinajstić information content (AvgIpc) is 2.46. The predicted octanol–water partition coefficient (Wildman–Crippen LogP) is -0.519. The highest BCUT2D eigenvalue weighted by molar-refractivity contribution is 5.95. The van der Waals surface area contributed by atoms with Crippen LogP contribution in [-0.2, 0) is 14.3 Å². The van der Waals surface area contributed by atoms with E-state index in [0.717, 1.165) is 12.0 Å². The van der Waals surface area contributed by atoms with Crippen LogP contribution >= 0.6 is 0 Å². The summed E-state index contributed by atoms with van der Waals surface area (Å²) in [7, 11) is 1.14. The number of hydrogen-bond acceptors (Lipinski definition) is 4. The Bertz CT molecular complexity index is 262. The van der Waals surface area contributed by atoms with Crippen LogP contribution in [0.5, 0.6) is 0 Å². The number of aliphatic carboxylic acids is 1. The Morgan fingerprint density at radius 2 is 2.23 bits per heavy atom. The lowest BCUT2D eigenvalue weighted by molar-refractivity contribution is -0.141. The Labute approximate surface area is 74.1 Å². The highest BCUT2D eigenvalue weighted by atomic mass is 16.5. The van der Waals surface area contributed by atoms with E-state index in [1.807, 2.05) is 0 Å². The van der Waals surface area contributed by atoms with Crippen LogP contribution < -0.4 is 0 Å². The van der Waals surface area contributed by atoms with Gasteiger partial charge >= 0.3 is 12.1 Å². The van der Waals surface area contributed by atoms with Crippen LogP contribution in [0.1, 0.15) is 6.42 Å². The summed E-state index contributed by atoms with van der Waals surface area (Å²) in [6.45, 7) is -0.177. The van der Waals surface area contributed by atoms with Crippen LogP contribution in [0.2, 0.25) is 0 Å². The zero-order valence-electron chi connectivity index (χ0n) is 7.02. The summed E-state index contributed by atoms with van der Waals surface area (Å²) in [6.07, 6.45) is -0.914. The summed E-state index contributed by atoms with van der Waals surface area (Å²) in [5, 5.41) is 8.64. The molecule has 1 aliphatic rings. The summed E-state index contributed by atoms with van der Waals surface area (Å²) < 4.78 is 4.33. The number of Topliss-reactive ketones (excluding diaryl/α,β-unsaturated/α-hetero) is 1. The van der Waals surface area contributed by atoms with Gasteiger partial charge in [-0.3, -0.25) is 9.69 Å². The van der Waals surface area contributed by atoms with Crippen molar-refractivity contribution in [2.75, 3.05) is 13.7 Å². The monoisotopic (exact) mass is 187 g/mol. The molecule has 1 aliphatic heterocycles. The van der Waals surface area contributed by atoms with Gasteiger partial charge in [-0.1, -0.05) is 0 Å². The van der Waals surface area contributed by atoms with Gasteiger partial charge in [-0.2, -0.15) is 0 Å². The quantitative estimate of drug-likeness (QED) is 0.597. The van der Waals surface area contributed by atoms with E-state index in [1.54, 1.807) is 0 Å². The second kappa shape index (κ2) is 3.42. The van der Waals surface area contributed by atoms with E-state index in [1.165, 1.54) is 0 Å². The van der Waals surface area contributed by atoms with Crippen LogP contribution in [0.4, 0.5) is 4.79 Å². The van der Waals surface area contributed by atoms with Crippen molar-refractivity contribution in [3.63, 3.8) is 0 Å². The molecule has 6 heteroatoms. The van der Waals surface area contributed by atoms with Gasteiger partial charge in [0.25, 0.3) is 0 Å². The Morgan fingerprint density at radius 1 is 1.62 bits per heavy atom. The van der Waals surface area contributed by atoms with Crippen LogP contribution in [0.3, 0.4) is 0 Å². The number of ketones is 1. The van der Waals surface area contributed by atoms with Crippen molar-refractivity contribution in [3.8, 4) is 0 Å². The van der Waals surface area contributed by atoms with Crippen molar-refractivity contribution in [2.24, 2.45) is 0 Å². The smallest absolute Gasteiger partial charge is 0.410 e. The minimum Gasteiger partial charge on any atom is -0.480 e. The molecule has 1 unspecified atom stereocenters. The predicted molar refractivity (Wildman–Crippen MR) is 40.2 cm³/mol. The maximum atomic E-state index is 11.0. The highest BCUT2D eigenvalue weighted by Gasteiger charge is 2.39. The van der Waals surface area contributed by atoms with Gasteiger partial charge in [-0.15, -0.1) is 0 Å². The molecule has 1 saturated heterocycles. The molecule has 1 fully saturated rings. The van der Waals surface area contributed by atoms with E-state index < -0.39 is 18.1 Å². The molecule has 1 rings (SSSR count). The van der Waals surface area contributed by atoms with Crippen molar-refractivity contribution in [1.29, 1.82) is 0 Å². The van der Waals surface area contributed by atoms with Crippen LogP contribution in [0.15, 0.2) is 0 Å². The van der Waals surface area contributed by atoms with Crippen LogP contribution in [-0.4, -0.2) is 47.5 Å². The number of methoxy groups -OCH3 is 1. The third kappa shape index (κ3) is 1.77. The topological polar surface area (TPSA) is 83.9 Å². The molecule has 13 heavy (non-hydrogen) atoms. The van der Waals surface area contributed by atoms with Crippen molar-refractivity contribution >= 4 is 17.8 Å². The molecular weight excluding hydrogens is 178 g/mol. The van der Waals surface area contributed by atoms with E-state index in [0.29, 0.717) is 0 Å². The number of nitrogens with zero attached hydrogens (tertiary/aromatic N) is 1. The van der Waals surface area contributed by atoms with Crippen molar-refractivity contribution in [2.45, 2.75) is 12.5 Å². The zero-order chi connectivity index (χ0) is 10.0. The fourth-order valence-electron chi connectivity index (χ4n) is 1.22. The number of likely N-dealkylation sites (tertiary alicyclic amines) is 1. The first-order valence-corrected chi connectivity index (χ1v) is 3.65. The van der Waals surface area contributed by atoms with E-state index in [4.69, 9.17) is 5.11 Å². The normalized spacial score (nSPS) is 21.8. The molecule has 0 radical (unpaired) electrons. The lowest BCUT2D eigenvalue weighted by Gasteiger charge is -2.17. The third-order valence-corrected chi connectivity index (χ3v) is 1.84. The molecule has 6 nitrogen and oxygen atoms in total. The molecular formula is C7H9NO5. The van der Waals surface area contributed by atoms with Gasteiger partial charge in [-0.05, 0) is 0 Å². The van der Waals surface area contributed by atoms with Gasteiger partial charge in [0, 0.05) is 6.42 Å². The van der Waals surface area contributed by atoms with E-state index in [-0.39, 0.29) is 18.7 Å². The van der Waals surface area contributed by atoms with Crippen molar-refractivity contribution in [1.82, 2.24) is 4.90 Å².